The van der Waals surface area contributed by atoms with E-state index in [9.17, 15) is 20.0 Å². The van der Waals surface area contributed by atoms with Crippen LogP contribution >= 0.6 is 0 Å². The first kappa shape index (κ1) is 13.5. The van der Waals surface area contributed by atoms with Gasteiger partial charge in [0.25, 0.3) is 5.69 Å². The summed E-state index contributed by atoms with van der Waals surface area (Å²) in [6.07, 6.45) is -1.15. The third-order valence-corrected chi connectivity index (χ3v) is 2.63. The molecule has 0 bridgehead atoms. The van der Waals surface area contributed by atoms with Crippen molar-refractivity contribution in [1.82, 2.24) is 0 Å². The molecule has 0 aliphatic rings. The summed E-state index contributed by atoms with van der Waals surface area (Å²) in [6, 6.07) is 13.8. The van der Waals surface area contributed by atoms with Gasteiger partial charge in [-0.2, -0.15) is 0 Å². The second-order valence-corrected chi connectivity index (χ2v) is 4.00. The Bertz CT molecular complexity index is 609. The van der Waals surface area contributed by atoms with Gasteiger partial charge < -0.3 is 9.84 Å². The number of aliphatic carboxylic acids is 1. The minimum atomic E-state index is -1.15. The van der Waals surface area contributed by atoms with E-state index in [1.165, 1.54) is 24.3 Å². The van der Waals surface area contributed by atoms with Crippen molar-refractivity contribution >= 4 is 11.7 Å². The number of nitro groups is 1. The SMILES string of the molecule is O=C(O)C(Oc1ccc([N+](=O)[O-])cc1)c1ccccc1. The van der Waals surface area contributed by atoms with Crippen LogP contribution in [0.5, 0.6) is 5.75 Å². The van der Waals surface area contributed by atoms with Crippen molar-refractivity contribution in [3.8, 4) is 5.75 Å². The molecule has 102 valence electrons. The summed E-state index contributed by atoms with van der Waals surface area (Å²) < 4.78 is 5.37. The molecule has 0 saturated carbocycles. The van der Waals surface area contributed by atoms with Crippen LogP contribution in [0, 0.1) is 10.1 Å². The molecule has 1 atom stereocenters. The van der Waals surface area contributed by atoms with E-state index in [1.54, 1.807) is 30.3 Å². The maximum Gasteiger partial charge on any atom is 0.349 e. The van der Waals surface area contributed by atoms with Gasteiger partial charge in [0.05, 0.1) is 4.92 Å². The highest BCUT2D eigenvalue weighted by Gasteiger charge is 2.21. The highest BCUT2D eigenvalue weighted by molar-refractivity contribution is 5.74. The summed E-state index contributed by atoms with van der Waals surface area (Å²) in [5, 5.41) is 19.7. The fourth-order valence-corrected chi connectivity index (χ4v) is 1.67. The van der Waals surface area contributed by atoms with E-state index in [0.29, 0.717) is 5.56 Å². The Morgan fingerprint density at radius 2 is 1.70 bits per heavy atom. The fraction of sp³-hybridized carbons (Fsp3) is 0.0714. The van der Waals surface area contributed by atoms with Crippen molar-refractivity contribution in [2.45, 2.75) is 6.10 Å². The summed E-state index contributed by atoms with van der Waals surface area (Å²) in [5.41, 5.74) is 0.419. The van der Waals surface area contributed by atoms with Crippen molar-refractivity contribution in [2.75, 3.05) is 0 Å². The molecule has 2 rings (SSSR count). The van der Waals surface area contributed by atoms with E-state index in [-0.39, 0.29) is 11.4 Å². The van der Waals surface area contributed by atoms with E-state index in [2.05, 4.69) is 0 Å². The first-order valence-corrected chi connectivity index (χ1v) is 5.77. The Hall–Kier alpha value is -2.89. The second kappa shape index (κ2) is 5.83. The third-order valence-electron chi connectivity index (χ3n) is 2.63. The molecule has 0 aliphatic heterocycles. The number of ether oxygens (including phenoxy) is 1. The number of carboxylic acids is 1. The third kappa shape index (κ3) is 3.11. The molecular formula is C14H11NO5. The zero-order chi connectivity index (χ0) is 14.5. The number of nitro benzene ring substituents is 1. The number of hydrogen-bond donors (Lipinski definition) is 1. The summed E-state index contributed by atoms with van der Waals surface area (Å²) >= 11 is 0. The predicted octanol–water partition coefficient (Wildman–Crippen LogP) is 2.80. The van der Waals surface area contributed by atoms with Gasteiger partial charge in [0.2, 0.25) is 6.10 Å². The van der Waals surface area contributed by atoms with Gasteiger partial charge in [-0.25, -0.2) is 4.79 Å². The monoisotopic (exact) mass is 273 g/mol. The molecule has 0 heterocycles. The summed E-state index contributed by atoms with van der Waals surface area (Å²) in [7, 11) is 0. The maximum atomic E-state index is 11.2. The Morgan fingerprint density at radius 1 is 1.10 bits per heavy atom. The normalized spacial score (nSPS) is 11.6. The maximum absolute atomic E-state index is 11.2. The average molecular weight is 273 g/mol. The first-order chi connectivity index (χ1) is 9.58. The zero-order valence-electron chi connectivity index (χ0n) is 10.3. The number of carbonyl (C=O) groups is 1. The zero-order valence-corrected chi connectivity index (χ0v) is 10.3. The van der Waals surface area contributed by atoms with Gasteiger partial charge in [-0.05, 0) is 12.1 Å². The van der Waals surface area contributed by atoms with Crippen LogP contribution in [0.4, 0.5) is 5.69 Å². The van der Waals surface area contributed by atoms with Gasteiger partial charge in [0, 0.05) is 17.7 Å². The van der Waals surface area contributed by atoms with Crippen LogP contribution in [0.2, 0.25) is 0 Å². The molecule has 0 aromatic heterocycles. The van der Waals surface area contributed by atoms with Crippen molar-refractivity contribution in [2.24, 2.45) is 0 Å². The Balaban J connectivity index is 2.21. The molecule has 0 aliphatic carbocycles. The molecule has 0 spiro atoms. The smallest absolute Gasteiger partial charge is 0.349 e. The van der Waals surface area contributed by atoms with Crippen LogP contribution in [-0.2, 0) is 4.79 Å². The largest absolute Gasteiger partial charge is 0.478 e. The molecular weight excluding hydrogens is 262 g/mol. The van der Waals surface area contributed by atoms with E-state index < -0.39 is 17.0 Å². The summed E-state index contributed by atoms with van der Waals surface area (Å²) in [4.78, 5) is 21.2. The minimum Gasteiger partial charge on any atom is -0.478 e. The number of rotatable bonds is 5. The number of non-ortho nitro benzene ring substituents is 1. The molecule has 0 amide bonds. The lowest BCUT2D eigenvalue weighted by atomic mass is 10.1. The summed E-state index contributed by atoms with van der Waals surface area (Å²) in [6.45, 7) is 0. The lowest BCUT2D eigenvalue weighted by molar-refractivity contribution is -0.384. The Kier molecular flexibility index (Phi) is 3.95. The van der Waals surface area contributed by atoms with Gasteiger partial charge in [-0.15, -0.1) is 0 Å². The Morgan fingerprint density at radius 3 is 2.20 bits per heavy atom. The van der Waals surface area contributed by atoms with Crippen LogP contribution in [0.1, 0.15) is 11.7 Å². The minimum absolute atomic E-state index is 0.0797. The van der Waals surface area contributed by atoms with Gasteiger partial charge in [-0.3, -0.25) is 10.1 Å². The molecule has 6 nitrogen and oxygen atoms in total. The van der Waals surface area contributed by atoms with Crippen LogP contribution < -0.4 is 4.74 Å². The van der Waals surface area contributed by atoms with Crippen LogP contribution in [0.25, 0.3) is 0 Å². The van der Waals surface area contributed by atoms with E-state index in [4.69, 9.17) is 4.74 Å². The highest BCUT2D eigenvalue weighted by atomic mass is 16.6. The number of nitrogens with zero attached hydrogens (tertiary/aromatic N) is 1. The topological polar surface area (TPSA) is 89.7 Å². The molecule has 0 fully saturated rings. The van der Waals surface area contributed by atoms with Crippen molar-refractivity contribution in [1.29, 1.82) is 0 Å². The molecule has 2 aromatic rings. The Labute approximate surface area is 114 Å². The number of carboxylic acid groups (broad SMARTS) is 1. The van der Waals surface area contributed by atoms with E-state index in [1.807, 2.05) is 0 Å². The quantitative estimate of drug-likeness (QED) is 0.668. The number of benzene rings is 2. The van der Waals surface area contributed by atoms with E-state index >= 15 is 0 Å². The predicted molar refractivity (Wildman–Crippen MR) is 70.5 cm³/mol. The van der Waals surface area contributed by atoms with Crippen molar-refractivity contribution < 1.29 is 19.6 Å². The van der Waals surface area contributed by atoms with Gasteiger partial charge in [0.1, 0.15) is 5.75 Å². The van der Waals surface area contributed by atoms with Gasteiger partial charge in [0.15, 0.2) is 0 Å². The molecule has 20 heavy (non-hydrogen) atoms. The van der Waals surface area contributed by atoms with E-state index in [0.717, 1.165) is 0 Å². The van der Waals surface area contributed by atoms with Crippen molar-refractivity contribution in [3.63, 3.8) is 0 Å². The molecule has 1 unspecified atom stereocenters. The number of hydrogen-bond acceptors (Lipinski definition) is 4. The lowest BCUT2D eigenvalue weighted by Gasteiger charge is -2.15. The van der Waals surface area contributed by atoms with Gasteiger partial charge >= 0.3 is 5.97 Å². The second-order valence-electron chi connectivity index (χ2n) is 4.00. The van der Waals surface area contributed by atoms with Crippen LogP contribution in [0.15, 0.2) is 54.6 Å². The molecule has 2 aromatic carbocycles. The van der Waals surface area contributed by atoms with Crippen LogP contribution in [-0.4, -0.2) is 16.0 Å². The molecule has 0 saturated heterocycles. The van der Waals surface area contributed by atoms with Crippen LogP contribution in [0.3, 0.4) is 0 Å². The first-order valence-electron chi connectivity index (χ1n) is 5.77. The molecule has 1 N–H and O–H groups in total. The van der Waals surface area contributed by atoms with Gasteiger partial charge in [-0.1, -0.05) is 30.3 Å². The summed E-state index contributed by atoms with van der Waals surface area (Å²) in [5.74, 6) is -0.874. The molecule has 6 heteroatoms. The van der Waals surface area contributed by atoms with Crippen molar-refractivity contribution in [3.05, 3.63) is 70.3 Å². The lowest BCUT2D eigenvalue weighted by Crippen LogP contribution is -2.18. The fourth-order valence-electron chi connectivity index (χ4n) is 1.67. The standard InChI is InChI=1S/C14H11NO5/c16-14(17)13(10-4-2-1-3-5-10)20-12-8-6-11(7-9-12)15(18)19/h1-9,13H,(H,16,17). The molecule has 0 radical (unpaired) electrons. The highest BCUT2D eigenvalue weighted by Crippen LogP contribution is 2.24. The average Bonchev–Trinajstić information content (AvgIpc) is 2.46.